The number of thiocarbonyl (C=S) groups is 1. The quantitative estimate of drug-likeness (QED) is 0.721. The molecule has 0 spiro atoms. The van der Waals surface area contributed by atoms with Crippen LogP contribution in [0.15, 0.2) is 16.6 Å². The highest BCUT2D eigenvalue weighted by Crippen LogP contribution is 2.26. The molecule has 0 aliphatic carbocycles. The third kappa shape index (κ3) is 4.72. The van der Waals surface area contributed by atoms with Crippen molar-refractivity contribution in [1.29, 1.82) is 0 Å². The van der Waals surface area contributed by atoms with Crippen LogP contribution in [0.1, 0.15) is 26.3 Å². The number of hydrogen-bond acceptors (Lipinski definition) is 3. The molecule has 0 atom stereocenters. The van der Waals surface area contributed by atoms with Crippen LogP contribution < -0.4 is 16.4 Å². The fourth-order valence-corrected chi connectivity index (χ4v) is 2.37. The van der Waals surface area contributed by atoms with Gasteiger partial charge in [0.05, 0.1) is 16.7 Å². The van der Waals surface area contributed by atoms with Gasteiger partial charge in [0, 0.05) is 11.1 Å². The van der Waals surface area contributed by atoms with Crippen molar-refractivity contribution in [3.63, 3.8) is 0 Å². The highest BCUT2D eigenvalue weighted by Gasteiger charge is 2.16. The Morgan fingerprint density at radius 3 is 2.55 bits per heavy atom. The van der Waals surface area contributed by atoms with Crippen molar-refractivity contribution in [1.82, 2.24) is 5.32 Å². The van der Waals surface area contributed by atoms with Crippen molar-refractivity contribution in [2.75, 3.05) is 11.9 Å². The number of rotatable bonds is 4. The SMILES string of the molecule is CC(C)(C)NC(=O)CNc1ccc(C(N)=S)c(Br)c1F. The summed E-state index contributed by atoms with van der Waals surface area (Å²) in [4.78, 5) is 11.8. The molecule has 0 aromatic heterocycles. The molecule has 1 amide bonds. The Morgan fingerprint density at radius 2 is 2.05 bits per heavy atom. The average molecular weight is 362 g/mol. The fourth-order valence-electron chi connectivity index (χ4n) is 1.51. The van der Waals surface area contributed by atoms with Crippen molar-refractivity contribution in [3.8, 4) is 0 Å². The number of anilines is 1. The lowest BCUT2D eigenvalue weighted by molar-refractivity contribution is -0.120. The van der Waals surface area contributed by atoms with Crippen molar-refractivity contribution in [2.24, 2.45) is 5.73 Å². The van der Waals surface area contributed by atoms with Crippen molar-refractivity contribution >= 4 is 44.7 Å². The molecule has 0 radical (unpaired) electrons. The Hall–Kier alpha value is -1.21. The number of hydrogen-bond donors (Lipinski definition) is 3. The molecule has 4 N–H and O–H groups in total. The van der Waals surface area contributed by atoms with Gasteiger partial charge in [-0.15, -0.1) is 0 Å². The Balaban J connectivity index is 2.78. The van der Waals surface area contributed by atoms with Gasteiger partial charge in [-0.3, -0.25) is 4.79 Å². The van der Waals surface area contributed by atoms with E-state index in [4.69, 9.17) is 18.0 Å². The van der Waals surface area contributed by atoms with Gasteiger partial charge in [-0.05, 0) is 48.8 Å². The standard InChI is InChI=1S/C13H17BrFN3OS/c1-13(2,3)18-9(19)6-17-8-5-4-7(12(16)20)10(14)11(8)15/h4-5,17H,6H2,1-3H3,(H2,16,20)(H,18,19). The number of halogens is 2. The first-order valence-corrected chi connectivity index (χ1v) is 7.14. The Kier molecular flexibility index (Phi) is 5.47. The number of benzene rings is 1. The van der Waals surface area contributed by atoms with E-state index < -0.39 is 5.82 Å². The van der Waals surface area contributed by atoms with Crippen LogP contribution in [-0.4, -0.2) is 23.0 Å². The van der Waals surface area contributed by atoms with E-state index in [2.05, 4.69) is 26.6 Å². The number of amides is 1. The molecule has 0 aliphatic heterocycles. The van der Waals surface area contributed by atoms with Crippen LogP contribution in [0.4, 0.5) is 10.1 Å². The Labute approximate surface area is 131 Å². The second-order valence-electron chi connectivity index (χ2n) is 5.30. The van der Waals surface area contributed by atoms with Crippen LogP contribution >= 0.6 is 28.1 Å². The maximum atomic E-state index is 14.1. The van der Waals surface area contributed by atoms with Crippen molar-refractivity contribution in [2.45, 2.75) is 26.3 Å². The molecule has 4 nitrogen and oxygen atoms in total. The lowest BCUT2D eigenvalue weighted by Gasteiger charge is -2.21. The first-order valence-electron chi connectivity index (χ1n) is 5.94. The summed E-state index contributed by atoms with van der Waals surface area (Å²) in [6, 6.07) is 3.10. The van der Waals surface area contributed by atoms with Gasteiger partial charge in [0.2, 0.25) is 5.91 Å². The summed E-state index contributed by atoms with van der Waals surface area (Å²) in [5, 5.41) is 5.52. The Bertz CT molecular complexity index is 543. The molecule has 0 saturated carbocycles. The zero-order valence-corrected chi connectivity index (χ0v) is 13.9. The van der Waals surface area contributed by atoms with E-state index >= 15 is 0 Å². The maximum Gasteiger partial charge on any atom is 0.239 e. The van der Waals surface area contributed by atoms with Crippen LogP contribution in [0.3, 0.4) is 0 Å². The first kappa shape index (κ1) is 16.8. The highest BCUT2D eigenvalue weighted by atomic mass is 79.9. The maximum absolute atomic E-state index is 14.1. The van der Waals surface area contributed by atoms with Gasteiger partial charge in [0.15, 0.2) is 5.82 Å². The molecule has 20 heavy (non-hydrogen) atoms. The molecule has 7 heteroatoms. The second-order valence-corrected chi connectivity index (χ2v) is 6.54. The molecule has 1 aromatic carbocycles. The summed E-state index contributed by atoms with van der Waals surface area (Å²) < 4.78 is 14.2. The summed E-state index contributed by atoms with van der Waals surface area (Å²) in [6.45, 7) is 5.60. The number of nitrogens with two attached hydrogens (primary N) is 1. The minimum absolute atomic E-state index is 0.0208. The zero-order valence-electron chi connectivity index (χ0n) is 11.5. The number of carbonyl (C=O) groups excluding carboxylic acids is 1. The van der Waals surface area contributed by atoms with Gasteiger partial charge in [0.25, 0.3) is 0 Å². The molecule has 0 fully saturated rings. The lowest BCUT2D eigenvalue weighted by Crippen LogP contribution is -2.43. The molecule has 0 bridgehead atoms. The van der Waals surface area contributed by atoms with Gasteiger partial charge in [-0.1, -0.05) is 12.2 Å². The summed E-state index contributed by atoms with van der Waals surface area (Å²) >= 11 is 7.92. The number of carbonyl (C=O) groups is 1. The van der Waals surface area contributed by atoms with Crippen LogP contribution in [0.5, 0.6) is 0 Å². The van der Waals surface area contributed by atoms with Gasteiger partial charge < -0.3 is 16.4 Å². The van der Waals surface area contributed by atoms with Crippen LogP contribution in [0.25, 0.3) is 0 Å². The molecule has 0 aliphatic rings. The van der Waals surface area contributed by atoms with Crippen LogP contribution in [0, 0.1) is 5.82 Å². The summed E-state index contributed by atoms with van der Waals surface area (Å²) in [5.74, 6) is -0.745. The normalized spacial score (nSPS) is 11.1. The van der Waals surface area contributed by atoms with E-state index in [-0.39, 0.29) is 33.1 Å². The average Bonchev–Trinajstić information content (AvgIpc) is 2.28. The molecule has 1 aromatic rings. The molecule has 0 saturated heterocycles. The second kappa shape index (κ2) is 6.49. The molecule has 110 valence electrons. The highest BCUT2D eigenvalue weighted by molar-refractivity contribution is 9.10. The van der Waals surface area contributed by atoms with E-state index in [1.165, 1.54) is 6.07 Å². The third-order valence-corrected chi connectivity index (χ3v) is 3.30. The van der Waals surface area contributed by atoms with Gasteiger partial charge in [0.1, 0.15) is 4.99 Å². The lowest BCUT2D eigenvalue weighted by atomic mass is 10.1. The van der Waals surface area contributed by atoms with E-state index in [1.54, 1.807) is 6.07 Å². The molecular weight excluding hydrogens is 345 g/mol. The van der Waals surface area contributed by atoms with E-state index in [0.717, 1.165) is 0 Å². The van der Waals surface area contributed by atoms with E-state index in [1.807, 2.05) is 20.8 Å². The monoisotopic (exact) mass is 361 g/mol. The van der Waals surface area contributed by atoms with E-state index in [9.17, 15) is 9.18 Å². The molecule has 0 unspecified atom stereocenters. The molecular formula is C13H17BrFN3OS. The van der Waals surface area contributed by atoms with Crippen LogP contribution in [0.2, 0.25) is 0 Å². The minimum atomic E-state index is -0.529. The van der Waals surface area contributed by atoms with Gasteiger partial charge in [-0.2, -0.15) is 0 Å². The largest absolute Gasteiger partial charge is 0.389 e. The summed E-state index contributed by atoms with van der Waals surface area (Å²) in [6.07, 6.45) is 0. The minimum Gasteiger partial charge on any atom is -0.389 e. The zero-order chi connectivity index (χ0) is 15.5. The number of nitrogens with one attached hydrogen (secondary N) is 2. The predicted octanol–water partition coefficient (Wildman–Crippen LogP) is 2.55. The predicted molar refractivity (Wildman–Crippen MR) is 86.4 cm³/mol. The topological polar surface area (TPSA) is 67.2 Å². The summed E-state index contributed by atoms with van der Waals surface area (Å²) in [7, 11) is 0. The van der Waals surface area contributed by atoms with Gasteiger partial charge in [-0.25, -0.2) is 4.39 Å². The van der Waals surface area contributed by atoms with Crippen molar-refractivity contribution < 1.29 is 9.18 Å². The Morgan fingerprint density at radius 1 is 1.45 bits per heavy atom. The smallest absolute Gasteiger partial charge is 0.239 e. The van der Waals surface area contributed by atoms with Crippen molar-refractivity contribution in [3.05, 3.63) is 28.0 Å². The van der Waals surface area contributed by atoms with Gasteiger partial charge >= 0.3 is 0 Å². The summed E-state index contributed by atoms with van der Waals surface area (Å²) in [5.41, 5.74) is 5.78. The third-order valence-electron chi connectivity index (χ3n) is 2.30. The molecule has 0 heterocycles. The fraction of sp³-hybridized carbons (Fsp3) is 0.385. The van der Waals surface area contributed by atoms with E-state index in [0.29, 0.717) is 5.56 Å². The first-order chi connectivity index (χ1) is 9.11. The molecule has 1 rings (SSSR count). The van der Waals surface area contributed by atoms with Crippen LogP contribution in [-0.2, 0) is 4.79 Å².